The van der Waals surface area contributed by atoms with Gasteiger partial charge in [0.15, 0.2) is 0 Å². The molecular formula is C15H17N3O. The third-order valence-electron chi connectivity index (χ3n) is 2.72. The average molecular weight is 255 g/mol. The molecule has 1 aromatic carbocycles. The number of hydrogen-bond donors (Lipinski definition) is 1. The smallest absolute Gasteiger partial charge is 0.143 e. The summed E-state index contributed by atoms with van der Waals surface area (Å²) in [7, 11) is 1.65. The number of rotatable bonds is 4. The molecule has 0 radical (unpaired) electrons. The molecule has 0 aliphatic rings. The van der Waals surface area contributed by atoms with Gasteiger partial charge in [0.1, 0.15) is 5.75 Å². The predicted molar refractivity (Wildman–Crippen MR) is 77.3 cm³/mol. The largest absolute Gasteiger partial charge is 0.495 e. The van der Waals surface area contributed by atoms with Crippen molar-refractivity contribution in [3.05, 3.63) is 48.1 Å². The normalized spacial score (nSPS) is 10.9. The topological polar surface area (TPSA) is 50.9 Å². The summed E-state index contributed by atoms with van der Waals surface area (Å²) < 4.78 is 7.35. The van der Waals surface area contributed by atoms with Crippen LogP contribution in [0.3, 0.4) is 0 Å². The second kappa shape index (κ2) is 5.52. The van der Waals surface area contributed by atoms with Crippen molar-refractivity contribution in [2.24, 2.45) is 0 Å². The Morgan fingerprint density at radius 3 is 2.79 bits per heavy atom. The quantitative estimate of drug-likeness (QED) is 0.853. The monoisotopic (exact) mass is 255 g/mol. The Labute approximate surface area is 112 Å². The maximum Gasteiger partial charge on any atom is 0.143 e. The number of allylic oxidation sites excluding steroid dienone is 1. The zero-order valence-corrected chi connectivity index (χ0v) is 11.3. The van der Waals surface area contributed by atoms with Crippen LogP contribution in [0.1, 0.15) is 18.2 Å². The number of hydrogen-bond acceptors (Lipinski definition) is 3. The van der Waals surface area contributed by atoms with E-state index in [1.54, 1.807) is 26.4 Å². The molecule has 0 spiro atoms. The predicted octanol–water partition coefficient (Wildman–Crippen LogP) is 3.24. The Kier molecular flexibility index (Phi) is 3.80. The summed E-state index contributed by atoms with van der Waals surface area (Å²) in [4.78, 5) is 4.22. The van der Waals surface area contributed by atoms with Crippen molar-refractivity contribution in [3.63, 3.8) is 0 Å². The molecule has 0 saturated carbocycles. The van der Waals surface area contributed by atoms with Gasteiger partial charge in [-0.1, -0.05) is 12.1 Å². The van der Waals surface area contributed by atoms with Crippen LogP contribution >= 0.6 is 0 Å². The van der Waals surface area contributed by atoms with Crippen LogP contribution in [0, 0.1) is 12.3 Å². The van der Waals surface area contributed by atoms with E-state index >= 15 is 0 Å². The highest BCUT2D eigenvalue weighted by Gasteiger charge is 2.06. The molecule has 1 N–H and O–H groups in total. The first kappa shape index (κ1) is 13.1. The minimum atomic E-state index is 0.522. The molecule has 0 saturated heterocycles. The zero-order chi connectivity index (χ0) is 13.8. The van der Waals surface area contributed by atoms with Crippen LogP contribution in [0.5, 0.6) is 5.75 Å². The molecule has 0 aliphatic heterocycles. The number of aryl methyl sites for hydroxylation is 1. The van der Waals surface area contributed by atoms with Gasteiger partial charge < -0.3 is 14.7 Å². The maximum absolute atomic E-state index is 7.39. The highest BCUT2D eigenvalue weighted by Crippen LogP contribution is 2.25. The lowest BCUT2D eigenvalue weighted by Gasteiger charge is -2.09. The highest BCUT2D eigenvalue weighted by atomic mass is 16.5. The van der Waals surface area contributed by atoms with E-state index in [1.165, 1.54) is 0 Å². The molecular weight excluding hydrogens is 238 g/mol. The molecule has 0 bridgehead atoms. The van der Waals surface area contributed by atoms with Gasteiger partial charge in [-0.2, -0.15) is 0 Å². The number of methoxy groups -OCH3 is 1. The first-order valence-corrected chi connectivity index (χ1v) is 6.02. The van der Waals surface area contributed by atoms with Crippen molar-refractivity contribution in [1.82, 2.24) is 9.55 Å². The van der Waals surface area contributed by atoms with Crippen LogP contribution in [0.25, 0.3) is 11.8 Å². The molecule has 0 aliphatic carbocycles. The molecule has 2 rings (SSSR count). The van der Waals surface area contributed by atoms with Crippen LogP contribution in [-0.2, 0) is 0 Å². The molecule has 4 heteroatoms. The van der Waals surface area contributed by atoms with Crippen molar-refractivity contribution in [3.8, 4) is 11.4 Å². The fourth-order valence-corrected chi connectivity index (χ4v) is 1.79. The minimum Gasteiger partial charge on any atom is -0.495 e. The van der Waals surface area contributed by atoms with Gasteiger partial charge in [0.25, 0.3) is 0 Å². The fraction of sp³-hybridized carbons (Fsp3) is 0.200. The summed E-state index contributed by atoms with van der Waals surface area (Å²) in [5, 5.41) is 7.39. The van der Waals surface area contributed by atoms with E-state index in [0.29, 0.717) is 5.71 Å². The van der Waals surface area contributed by atoms with Crippen LogP contribution in [0.15, 0.2) is 36.8 Å². The molecule has 1 heterocycles. The summed E-state index contributed by atoms with van der Waals surface area (Å²) >= 11 is 0. The van der Waals surface area contributed by atoms with Gasteiger partial charge in [-0.3, -0.25) is 0 Å². The SMILES string of the molecule is COc1cc(/C=C/C(C)=N)ccc1-n1cnc(C)c1. The van der Waals surface area contributed by atoms with E-state index in [0.717, 1.165) is 22.7 Å². The molecule has 2 aromatic rings. The molecule has 0 unspecified atom stereocenters. The summed E-state index contributed by atoms with van der Waals surface area (Å²) in [5.74, 6) is 0.780. The maximum atomic E-state index is 7.39. The second-order valence-electron chi connectivity index (χ2n) is 4.37. The van der Waals surface area contributed by atoms with Gasteiger partial charge in [-0.15, -0.1) is 0 Å². The Balaban J connectivity index is 2.39. The Morgan fingerprint density at radius 1 is 1.42 bits per heavy atom. The molecule has 0 atom stereocenters. The third-order valence-corrected chi connectivity index (χ3v) is 2.72. The van der Waals surface area contributed by atoms with Crippen molar-refractivity contribution < 1.29 is 4.74 Å². The molecule has 19 heavy (non-hydrogen) atoms. The van der Waals surface area contributed by atoms with Gasteiger partial charge >= 0.3 is 0 Å². The second-order valence-corrected chi connectivity index (χ2v) is 4.37. The van der Waals surface area contributed by atoms with Gasteiger partial charge in [-0.25, -0.2) is 4.98 Å². The van der Waals surface area contributed by atoms with Crippen LogP contribution in [-0.4, -0.2) is 22.4 Å². The number of nitrogens with zero attached hydrogens (tertiary/aromatic N) is 2. The summed E-state index contributed by atoms with van der Waals surface area (Å²) in [6.45, 7) is 3.70. The summed E-state index contributed by atoms with van der Waals surface area (Å²) in [6.07, 6.45) is 7.38. The minimum absolute atomic E-state index is 0.522. The molecule has 1 aromatic heterocycles. The molecule has 0 fully saturated rings. The van der Waals surface area contributed by atoms with E-state index in [1.807, 2.05) is 42.0 Å². The van der Waals surface area contributed by atoms with Crippen LogP contribution < -0.4 is 4.74 Å². The lowest BCUT2D eigenvalue weighted by molar-refractivity contribution is 0.413. The van der Waals surface area contributed by atoms with Gasteiger partial charge in [0, 0.05) is 11.9 Å². The van der Waals surface area contributed by atoms with E-state index in [9.17, 15) is 0 Å². The number of nitrogens with one attached hydrogen (secondary N) is 1. The van der Waals surface area contributed by atoms with Crippen molar-refractivity contribution in [2.45, 2.75) is 13.8 Å². The highest BCUT2D eigenvalue weighted by molar-refractivity contribution is 5.93. The number of aromatic nitrogens is 2. The number of benzene rings is 1. The third kappa shape index (κ3) is 3.10. The summed E-state index contributed by atoms with van der Waals surface area (Å²) in [6, 6.07) is 5.93. The number of ether oxygens (including phenoxy) is 1. The molecule has 98 valence electrons. The lowest BCUT2D eigenvalue weighted by atomic mass is 10.1. The van der Waals surface area contributed by atoms with Gasteiger partial charge in [0.05, 0.1) is 24.8 Å². The average Bonchev–Trinajstić information content (AvgIpc) is 2.82. The van der Waals surface area contributed by atoms with Crippen molar-refractivity contribution in [2.75, 3.05) is 7.11 Å². The molecule has 4 nitrogen and oxygen atoms in total. The van der Waals surface area contributed by atoms with Gasteiger partial charge in [0.2, 0.25) is 0 Å². The Morgan fingerprint density at radius 2 is 2.21 bits per heavy atom. The van der Waals surface area contributed by atoms with Crippen LogP contribution in [0.2, 0.25) is 0 Å². The first-order valence-electron chi connectivity index (χ1n) is 6.02. The first-order chi connectivity index (χ1) is 9.10. The van der Waals surface area contributed by atoms with Gasteiger partial charge in [-0.05, 0) is 37.6 Å². The van der Waals surface area contributed by atoms with Crippen LogP contribution in [0.4, 0.5) is 0 Å². The van der Waals surface area contributed by atoms with E-state index in [2.05, 4.69) is 4.98 Å². The Bertz CT molecular complexity index is 626. The summed E-state index contributed by atoms with van der Waals surface area (Å²) in [5.41, 5.74) is 3.44. The van der Waals surface area contributed by atoms with Crippen molar-refractivity contribution in [1.29, 1.82) is 5.41 Å². The number of imidazole rings is 1. The molecule has 0 amide bonds. The lowest BCUT2D eigenvalue weighted by Crippen LogP contribution is -1.96. The standard InChI is InChI=1S/C15H17N3O/c1-11(16)4-5-13-6-7-14(15(8-13)19-3)18-9-12(2)17-10-18/h4-10,16H,1-3H3/b5-4+,16-11?. The van der Waals surface area contributed by atoms with E-state index in [4.69, 9.17) is 10.1 Å². The van der Waals surface area contributed by atoms with Crippen molar-refractivity contribution >= 4 is 11.8 Å². The zero-order valence-electron chi connectivity index (χ0n) is 11.3. The fourth-order valence-electron chi connectivity index (χ4n) is 1.79. The van der Waals surface area contributed by atoms with E-state index < -0.39 is 0 Å². The Hall–Kier alpha value is -2.36. The van der Waals surface area contributed by atoms with E-state index in [-0.39, 0.29) is 0 Å².